The molecule has 6 nitrogen and oxygen atoms in total. The van der Waals surface area contributed by atoms with Crippen molar-refractivity contribution in [2.45, 2.75) is 47.0 Å². The van der Waals surface area contributed by atoms with Crippen LogP contribution in [0.1, 0.15) is 65.2 Å². The second kappa shape index (κ2) is 8.36. The molecule has 0 aliphatic rings. The number of esters is 2. The van der Waals surface area contributed by atoms with E-state index < -0.39 is 5.97 Å². The fraction of sp³-hybridized carbons (Fsp3) is 0.562. The zero-order chi connectivity index (χ0) is 16.7. The van der Waals surface area contributed by atoms with Gasteiger partial charge >= 0.3 is 11.9 Å². The number of unbranched alkanes of at least 4 members (excludes halogenated alkanes) is 1. The minimum absolute atomic E-state index is 0.259. The fourth-order valence-electron chi connectivity index (χ4n) is 2.19. The summed E-state index contributed by atoms with van der Waals surface area (Å²) in [6.07, 6.45) is 1.94. The third-order valence-corrected chi connectivity index (χ3v) is 3.29. The molecule has 6 heteroatoms. The first kappa shape index (κ1) is 17.9. The van der Waals surface area contributed by atoms with Gasteiger partial charge in [-0.15, -0.1) is 0 Å². The van der Waals surface area contributed by atoms with Crippen molar-refractivity contribution in [2.75, 3.05) is 13.2 Å². The molecule has 0 aliphatic heterocycles. The Morgan fingerprint density at radius 1 is 1.09 bits per heavy atom. The number of aromatic amines is 1. The van der Waals surface area contributed by atoms with Gasteiger partial charge in [0.15, 0.2) is 6.61 Å². The number of aromatic nitrogens is 1. The lowest BCUT2D eigenvalue weighted by Gasteiger charge is -2.05. The quantitative estimate of drug-likeness (QED) is 0.589. The van der Waals surface area contributed by atoms with Gasteiger partial charge in [0.2, 0.25) is 5.78 Å². The Balaban J connectivity index is 2.77. The van der Waals surface area contributed by atoms with Gasteiger partial charge < -0.3 is 14.5 Å². The predicted octanol–water partition coefficient (Wildman–Crippen LogP) is 2.72. The Kier molecular flexibility index (Phi) is 6.82. The predicted molar refractivity (Wildman–Crippen MR) is 81.0 cm³/mol. The van der Waals surface area contributed by atoms with Crippen molar-refractivity contribution in [3.63, 3.8) is 0 Å². The van der Waals surface area contributed by atoms with E-state index >= 15 is 0 Å². The van der Waals surface area contributed by atoms with Crippen molar-refractivity contribution in [1.82, 2.24) is 4.98 Å². The molecule has 1 rings (SSSR count). The van der Waals surface area contributed by atoms with E-state index in [1.165, 1.54) is 0 Å². The molecule has 0 unspecified atom stereocenters. The van der Waals surface area contributed by atoms with E-state index in [0.717, 1.165) is 12.8 Å². The van der Waals surface area contributed by atoms with E-state index in [1.54, 1.807) is 20.8 Å². The highest BCUT2D eigenvalue weighted by Crippen LogP contribution is 2.19. The van der Waals surface area contributed by atoms with Crippen LogP contribution in [0.3, 0.4) is 0 Å². The Morgan fingerprint density at radius 3 is 2.36 bits per heavy atom. The van der Waals surface area contributed by atoms with Crippen LogP contribution in [0.25, 0.3) is 0 Å². The van der Waals surface area contributed by atoms with Gasteiger partial charge in [-0.05, 0) is 32.8 Å². The number of rotatable bonds is 8. The second-order valence-corrected chi connectivity index (χ2v) is 5.03. The molecule has 0 radical (unpaired) electrons. The van der Waals surface area contributed by atoms with Crippen molar-refractivity contribution in [3.05, 3.63) is 22.5 Å². The molecule has 1 aromatic heterocycles. The number of H-pyrrole nitrogens is 1. The third kappa shape index (κ3) is 4.44. The van der Waals surface area contributed by atoms with Crippen LogP contribution in [0.2, 0.25) is 0 Å². The lowest BCUT2D eigenvalue weighted by Crippen LogP contribution is -2.15. The molecule has 0 saturated carbocycles. The number of ether oxygens (including phenoxy) is 2. The minimum Gasteiger partial charge on any atom is -0.461 e. The normalized spacial score (nSPS) is 10.4. The van der Waals surface area contributed by atoms with Gasteiger partial charge in [-0.3, -0.25) is 9.59 Å². The summed E-state index contributed by atoms with van der Waals surface area (Å²) in [7, 11) is 0. The monoisotopic (exact) mass is 309 g/mol. The lowest BCUT2D eigenvalue weighted by atomic mass is 10.1. The Bertz CT molecular complexity index is 559. The number of ketones is 1. The van der Waals surface area contributed by atoms with E-state index in [-0.39, 0.29) is 30.7 Å². The van der Waals surface area contributed by atoms with Gasteiger partial charge in [0.05, 0.1) is 6.61 Å². The van der Waals surface area contributed by atoms with E-state index in [4.69, 9.17) is 9.47 Å². The summed E-state index contributed by atoms with van der Waals surface area (Å²) in [5.41, 5.74) is 1.73. The summed E-state index contributed by atoms with van der Waals surface area (Å²) in [6, 6.07) is 0. The number of hydrogen-bond donors (Lipinski definition) is 1. The molecule has 0 saturated heterocycles. The average Bonchev–Trinajstić information content (AvgIpc) is 2.78. The maximum absolute atomic E-state index is 12.2. The molecule has 1 aromatic rings. The van der Waals surface area contributed by atoms with Gasteiger partial charge in [-0.1, -0.05) is 13.3 Å². The zero-order valence-electron chi connectivity index (χ0n) is 13.6. The highest BCUT2D eigenvalue weighted by atomic mass is 16.5. The minimum atomic E-state index is -0.498. The number of carbonyl (C=O) groups is 3. The van der Waals surface area contributed by atoms with Crippen LogP contribution in [0, 0.1) is 13.8 Å². The molecular formula is C16H23NO5. The second-order valence-electron chi connectivity index (χ2n) is 5.03. The summed E-state index contributed by atoms with van der Waals surface area (Å²) in [6.45, 7) is 7.00. The SMILES string of the molecule is CCCCC(=O)OCC(=O)c1c(C)[nH]c(C(=O)OCC)c1C. The number of aryl methyl sites for hydroxylation is 1. The van der Waals surface area contributed by atoms with Crippen molar-refractivity contribution < 1.29 is 23.9 Å². The lowest BCUT2D eigenvalue weighted by molar-refractivity contribution is -0.142. The van der Waals surface area contributed by atoms with Crippen LogP contribution in [-0.2, 0) is 14.3 Å². The average molecular weight is 309 g/mol. The summed E-state index contributed by atoms with van der Waals surface area (Å²) in [5, 5.41) is 0. The molecule has 1 N–H and O–H groups in total. The van der Waals surface area contributed by atoms with E-state index in [9.17, 15) is 14.4 Å². The molecular weight excluding hydrogens is 286 g/mol. The van der Waals surface area contributed by atoms with Gasteiger partial charge in [0.1, 0.15) is 5.69 Å². The molecule has 0 aliphatic carbocycles. The Labute approximate surface area is 130 Å². The highest BCUT2D eigenvalue weighted by molar-refractivity contribution is 6.03. The summed E-state index contributed by atoms with van der Waals surface area (Å²) in [5.74, 6) is -1.21. The maximum Gasteiger partial charge on any atom is 0.355 e. The number of Topliss-reactive ketones (excluding diaryl/α,β-unsaturated/α-hetero) is 1. The van der Waals surface area contributed by atoms with Gasteiger partial charge in [-0.2, -0.15) is 0 Å². The summed E-state index contributed by atoms with van der Waals surface area (Å²) >= 11 is 0. The van der Waals surface area contributed by atoms with E-state index in [0.29, 0.717) is 23.2 Å². The van der Waals surface area contributed by atoms with Crippen LogP contribution in [-0.4, -0.2) is 35.9 Å². The van der Waals surface area contributed by atoms with Gasteiger partial charge in [0, 0.05) is 17.7 Å². The molecule has 0 spiro atoms. The van der Waals surface area contributed by atoms with Crippen LogP contribution >= 0.6 is 0 Å². The van der Waals surface area contributed by atoms with E-state index in [2.05, 4.69) is 4.98 Å². The summed E-state index contributed by atoms with van der Waals surface area (Å²) < 4.78 is 9.90. The van der Waals surface area contributed by atoms with Crippen LogP contribution < -0.4 is 0 Å². The number of hydrogen-bond acceptors (Lipinski definition) is 5. The zero-order valence-corrected chi connectivity index (χ0v) is 13.6. The largest absolute Gasteiger partial charge is 0.461 e. The highest BCUT2D eigenvalue weighted by Gasteiger charge is 2.23. The first-order valence-corrected chi connectivity index (χ1v) is 7.47. The van der Waals surface area contributed by atoms with E-state index in [1.807, 2.05) is 6.92 Å². The molecule has 122 valence electrons. The maximum atomic E-state index is 12.2. The standard InChI is InChI=1S/C16H23NO5/c1-5-7-8-13(19)22-9-12(18)14-10(3)15(17-11(14)4)16(20)21-6-2/h17H,5-9H2,1-4H3. The van der Waals surface area contributed by atoms with Gasteiger partial charge in [-0.25, -0.2) is 4.79 Å². The van der Waals surface area contributed by atoms with Crippen LogP contribution in [0.15, 0.2) is 0 Å². The van der Waals surface area contributed by atoms with Crippen LogP contribution in [0.5, 0.6) is 0 Å². The fourth-order valence-corrected chi connectivity index (χ4v) is 2.19. The number of carbonyl (C=O) groups excluding carboxylic acids is 3. The molecule has 1 heterocycles. The molecule has 0 amide bonds. The molecule has 22 heavy (non-hydrogen) atoms. The summed E-state index contributed by atoms with van der Waals surface area (Å²) in [4.78, 5) is 38.3. The molecule has 0 bridgehead atoms. The van der Waals surface area contributed by atoms with Gasteiger partial charge in [0.25, 0.3) is 0 Å². The smallest absolute Gasteiger partial charge is 0.355 e. The molecule has 0 atom stereocenters. The van der Waals surface area contributed by atoms with Crippen molar-refractivity contribution in [2.24, 2.45) is 0 Å². The molecule has 0 fully saturated rings. The molecule has 0 aromatic carbocycles. The van der Waals surface area contributed by atoms with Crippen molar-refractivity contribution in [3.8, 4) is 0 Å². The first-order valence-electron chi connectivity index (χ1n) is 7.47. The van der Waals surface area contributed by atoms with Crippen molar-refractivity contribution in [1.29, 1.82) is 0 Å². The number of nitrogens with one attached hydrogen (secondary N) is 1. The van der Waals surface area contributed by atoms with Crippen LogP contribution in [0.4, 0.5) is 0 Å². The Hall–Kier alpha value is -2.11. The third-order valence-electron chi connectivity index (χ3n) is 3.29. The topological polar surface area (TPSA) is 85.5 Å². The Morgan fingerprint density at radius 2 is 1.77 bits per heavy atom. The van der Waals surface area contributed by atoms with Crippen molar-refractivity contribution >= 4 is 17.7 Å². The first-order chi connectivity index (χ1) is 10.4.